The Morgan fingerprint density at radius 1 is 0.692 bits per heavy atom. The summed E-state index contributed by atoms with van der Waals surface area (Å²) >= 11 is 0.262. The van der Waals surface area contributed by atoms with Gasteiger partial charge in [-0.2, -0.15) is 0 Å². The van der Waals surface area contributed by atoms with Crippen LogP contribution in [0.5, 0.6) is 0 Å². The summed E-state index contributed by atoms with van der Waals surface area (Å²) in [5, 5.41) is 0.102. The van der Waals surface area contributed by atoms with Gasteiger partial charge >= 0.3 is 153 Å². The van der Waals surface area contributed by atoms with Gasteiger partial charge in [0.25, 0.3) is 0 Å². The van der Waals surface area contributed by atoms with Crippen molar-refractivity contribution in [1.29, 1.82) is 0 Å². The predicted octanol–water partition coefficient (Wildman–Crippen LogP) is 5.39. The van der Waals surface area contributed by atoms with Crippen LogP contribution in [0.1, 0.15) is 0 Å². The number of thioether (sulfide) groups is 1. The Morgan fingerprint density at radius 2 is 1.15 bits per heavy atom. The quantitative estimate of drug-likeness (QED) is 0.424. The molecule has 0 radical (unpaired) electrons. The van der Waals surface area contributed by atoms with E-state index in [2.05, 4.69) is 0 Å². The topological polar surface area (TPSA) is 0 Å². The molecule has 0 aromatic heterocycles. The Balaban J connectivity index is 2.30. The van der Waals surface area contributed by atoms with Gasteiger partial charge in [0.05, 0.1) is 0 Å². The molecule has 6 heteroatoms. The van der Waals surface area contributed by atoms with Gasteiger partial charge in [0.2, 0.25) is 0 Å². The molecule has 0 nitrogen and oxygen atoms in total. The molecule has 1 aliphatic rings. The van der Waals surface area contributed by atoms with Crippen LogP contribution in [-0.2, 0) is 0 Å². The molecule has 0 saturated heterocycles. The van der Waals surface area contributed by atoms with Gasteiger partial charge in [-0.25, -0.2) is 0 Å². The summed E-state index contributed by atoms with van der Waals surface area (Å²) < 4.78 is 62.1. The van der Waals surface area contributed by atoms with Crippen molar-refractivity contribution in [2.75, 3.05) is 0 Å². The van der Waals surface area contributed by atoms with E-state index >= 15 is 17.6 Å². The van der Waals surface area contributed by atoms with Crippen molar-refractivity contribution < 1.29 is 17.6 Å². The predicted molar refractivity (Wildman–Crippen MR) is 102 cm³/mol. The number of halogens is 4. The third-order valence-electron chi connectivity index (χ3n) is 5.11. The number of hydrogen-bond acceptors (Lipinski definition) is 1. The average molecular weight is 394 g/mol. The fourth-order valence-electron chi connectivity index (χ4n) is 3.94. The fourth-order valence-corrected chi connectivity index (χ4v) is 12.6. The first-order chi connectivity index (χ1) is 12.5. The van der Waals surface area contributed by atoms with Gasteiger partial charge in [-0.3, -0.25) is 0 Å². The van der Waals surface area contributed by atoms with Crippen molar-refractivity contribution in [3.05, 3.63) is 84.9 Å². The molecule has 0 amide bonds. The summed E-state index contributed by atoms with van der Waals surface area (Å²) in [7, 11) is 0. The van der Waals surface area contributed by atoms with Crippen molar-refractivity contribution in [2.45, 2.75) is 16.1 Å². The Bertz CT molecular complexity index is 905. The summed E-state index contributed by atoms with van der Waals surface area (Å²) in [6.07, 6.45) is -3.24. The van der Waals surface area contributed by atoms with Crippen LogP contribution in [0.3, 0.4) is 0 Å². The summed E-state index contributed by atoms with van der Waals surface area (Å²) in [5.41, 5.74) is 0. The normalized spacial score (nSPS) is 20.9. The van der Waals surface area contributed by atoms with Gasteiger partial charge < -0.3 is 0 Å². The SMILES string of the molecule is FC(F)P1(c2ccccc2)(c2ccccc2)c2ccccc2SC1(F)F. The number of benzene rings is 3. The third-order valence-corrected chi connectivity index (χ3v) is 13.5. The fraction of sp³-hybridized carbons (Fsp3) is 0.100. The van der Waals surface area contributed by atoms with E-state index in [0.717, 1.165) is 0 Å². The zero-order chi connectivity index (χ0) is 18.4. The van der Waals surface area contributed by atoms with E-state index in [0.29, 0.717) is 0 Å². The second-order valence-electron chi connectivity index (χ2n) is 6.19. The van der Waals surface area contributed by atoms with Crippen LogP contribution in [0.15, 0.2) is 89.8 Å². The van der Waals surface area contributed by atoms with Gasteiger partial charge in [0.15, 0.2) is 0 Å². The Morgan fingerprint density at radius 3 is 1.65 bits per heavy atom. The summed E-state index contributed by atoms with van der Waals surface area (Å²) in [6, 6.07) is 21.4. The maximum absolute atomic E-state index is 15.9. The van der Waals surface area contributed by atoms with Crippen LogP contribution in [0.2, 0.25) is 0 Å². The summed E-state index contributed by atoms with van der Waals surface area (Å²) in [4.78, 5) is -3.44. The molecule has 0 unspecified atom stereocenters. The van der Waals surface area contributed by atoms with Gasteiger partial charge in [0, 0.05) is 0 Å². The van der Waals surface area contributed by atoms with Crippen molar-refractivity contribution in [3.63, 3.8) is 0 Å². The average Bonchev–Trinajstić information content (AvgIpc) is 2.88. The first kappa shape index (κ1) is 17.6. The summed E-state index contributed by atoms with van der Waals surface area (Å²) in [5.74, 6) is 0. The van der Waals surface area contributed by atoms with E-state index in [1.807, 2.05) is 0 Å². The molecule has 0 N–H and O–H groups in total. The van der Waals surface area contributed by atoms with E-state index in [4.69, 9.17) is 0 Å². The molecule has 134 valence electrons. The van der Waals surface area contributed by atoms with Crippen molar-refractivity contribution in [1.82, 2.24) is 0 Å². The van der Waals surface area contributed by atoms with E-state index in [-0.39, 0.29) is 32.6 Å². The Hall–Kier alpha value is -1.84. The molecule has 0 fully saturated rings. The first-order valence-corrected chi connectivity index (χ1v) is 11.1. The van der Waals surface area contributed by atoms with Crippen LogP contribution >= 0.6 is 18.4 Å². The molecule has 1 heterocycles. The van der Waals surface area contributed by atoms with Gasteiger partial charge in [0.1, 0.15) is 0 Å². The molecule has 4 rings (SSSR count). The monoisotopic (exact) mass is 394 g/mol. The second kappa shape index (κ2) is 5.83. The molecule has 0 spiro atoms. The summed E-state index contributed by atoms with van der Waals surface area (Å²) in [6.45, 7) is -5.38. The minimum atomic E-state index is -5.38. The zero-order valence-corrected chi connectivity index (χ0v) is 15.2. The van der Waals surface area contributed by atoms with E-state index < -0.39 is 17.8 Å². The number of fused-ring (bicyclic) bond motifs is 1. The molecule has 0 bridgehead atoms. The van der Waals surface area contributed by atoms with Gasteiger partial charge in [-0.05, 0) is 0 Å². The minimum absolute atomic E-state index is 0.0159. The van der Waals surface area contributed by atoms with Gasteiger partial charge in [-0.15, -0.1) is 0 Å². The molecule has 0 aliphatic carbocycles. The van der Waals surface area contributed by atoms with Gasteiger partial charge in [-0.1, -0.05) is 0 Å². The van der Waals surface area contributed by atoms with E-state index in [9.17, 15) is 0 Å². The van der Waals surface area contributed by atoms with Crippen LogP contribution in [0, 0.1) is 0 Å². The standard InChI is InChI=1S/C20H15F4PS/c21-19(22)25(15-9-3-1-4-10-15,16-11-5-2-6-12-16)17-13-7-8-14-18(17)26-20(25,23)24/h1-14,19H. The Labute approximate surface area is 153 Å². The third kappa shape index (κ3) is 1.80. The van der Waals surface area contributed by atoms with E-state index in [1.165, 1.54) is 36.4 Å². The number of rotatable bonds is 3. The van der Waals surface area contributed by atoms with Crippen molar-refractivity contribution in [3.8, 4) is 0 Å². The Kier molecular flexibility index (Phi) is 3.94. The molecular weight excluding hydrogens is 379 g/mol. The maximum atomic E-state index is 15.9. The van der Waals surface area contributed by atoms with Crippen LogP contribution < -0.4 is 15.9 Å². The zero-order valence-electron chi connectivity index (χ0n) is 13.5. The molecule has 26 heavy (non-hydrogen) atoms. The second-order valence-corrected chi connectivity index (χ2v) is 12.5. The molecule has 0 atom stereocenters. The van der Waals surface area contributed by atoms with Crippen LogP contribution in [-0.4, -0.2) is 11.2 Å². The van der Waals surface area contributed by atoms with Crippen molar-refractivity contribution in [2.24, 2.45) is 0 Å². The number of alkyl halides is 4. The molecule has 3 aromatic carbocycles. The first-order valence-electron chi connectivity index (χ1n) is 8.02. The molecule has 0 saturated carbocycles. The molecular formula is C20H15F4PS. The van der Waals surface area contributed by atoms with E-state index in [1.54, 1.807) is 48.5 Å². The van der Waals surface area contributed by atoms with Crippen LogP contribution in [0.25, 0.3) is 0 Å². The van der Waals surface area contributed by atoms with Crippen LogP contribution in [0.4, 0.5) is 17.6 Å². The molecule has 1 aliphatic heterocycles. The van der Waals surface area contributed by atoms with Crippen molar-refractivity contribution >= 4 is 34.3 Å². The molecule has 3 aromatic rings. The number of hydrogen-bond donors (Lipinski definition) is 0.